The van der Waals surface area contributed by atoms with E-state index < -0.39 is 26.6 Å². The Morgan fingerprint density at radius 2 is 0.884 bits per heavy atom. The minimum Gasteiger partial charge on any atom is -0.756 e. The molecule has 0 rings (SSSR count). The van der Waals surface area contributed by atoms with Crippen molar-refractivity contribution in [3.05, 3.63) is 48.6 Å². The normalized spacial score (nSPS) is 14.1. The second-order valence-electron chi connectivity index (χ2n) is 20.8. The van der Waals surface area contributed by atoms with Crippen LogP contribution < -0.4 is 10.2 Å². The van der Waals surface area contributed by atoms with Crippen LogP contribution in [0.5, 0.6) is 0 Å². The fraction of sp³-hybridized carbons (Fsp3) is 0.831. The summed E-state index contributed by atoms with van der Waals surface area (Å²) in [6.45, 7) is 6.80. The second kappa shape index (κ2) is 49.5. The highest BCUT2D eigenvalue weighted by atomic mass is 31.2. The lowest BCUT2D eigenvalue weighted by atomic mass is 10.0. The molecule has 69 heavy (non-hydrogen) atoms. The molecule has 0 aromatic rings. The number of esters is 1. The third kappa shape index (κ3) is 50.7. The maximum absolute atomic E-state index is 13.5. The maximum Gasteiger partial charge on any atom is 0.306 e. The van der Waals surface area contributed by atoms with Gasteiger partial charge in [-0.15, -0.1) is 0 Å². The SMILES string of the molecule is CCCCC/C=C\C/C=C\CCCCCCCCCC(=O)OC(/C=C/CCCCCCCCCCCC)C(COP(=O)([O-])OCC[N+](C)(C)C)NC(=O)CCCCC/C=C\CCCCCCCCC. The van der Waals surface area contributed by atoms with E-state index in [1.807, 2.05) is 33.3 Å². The number of ether oxygens (including phenoxy) is 1. The van der Waals surface area contributed by atoms with Gasteiger partial charge in [-0.1, -0.05) is 211 Å². The Bertz CT molecular complexity index is 1330. The fourth-order valence-electron chi connectivity index (χ4n) is 8.19. The van der Waals surface area contributed by atoms with E-state index in [1.54, 1.807) is 0 Å². The minimum absolute atomic E-state index is 0.0263. The average Bonchev–Trinajstić information content (AvgIpc) is 3.31. The number of nitrogens with zero attached hydrogens (tertiary/aromatic N) is 1. The van der Waals surface area contributed by atoms with Crippen LogP contribution in [-0.4, -0.2) is 69.4 Å². The van der Waals surface area contributed by atoms with Gasteiger partial charge < -0.3 is 28.5 Å². The standard InChI is InChI=1S/C59H111N2O7P/c1-7-10-13-16-19-22-25-28-30-31-32-34-37-40-43-46-49-52-59(63)68-57(50-47-44-41-38-35-27-24-21-18-15-12-9-3)56(55-67-69(64,65)66-54-53-61(4,5)6)60-58(62)51-48-45-42-39-36-33-29-26-23-20-17-14-11-8-2/h19,22,28,30,33,36,47,50,56-57H,7-18,20-21,23-27,29,31-32,34-35,37-46,48-49,51-55H2,1-6H3,(H-,60,62,64,65)/b22-19-,30-28-,36-33-,50-47+. The van der Waals surface area contributed by atoms with Crippen LogP contribution in [0.1, 0.15) is 265 Å². The summed E-state index contributed by atoms with van der Waals surface area (Å²) >= 11 is 0. The number of carbonyl (C=O) groups excluding carboxylic acids is 2. The van der Waals surface area contributed by atoms with Crippen molar-refractivity contribution in [1.29, 1.82) is 0 Å². The Hall–Kier alpha value is -2.03. The van der Waals surface area contributed by atoms with Gasteiger partial charge in [0.1, 0.15) is 19.3 Å². The first-order chi connectivity index (χ1) is 33.4. The summed E-state index contributed by atoms with van der Waals surface area (Å²) in [5.74, 6) is -0.565. The molecule has 0 heterocycles. The minimum atomic E-state index is -4.70. The average molecular weight is 992 g/mol. The molecule has 10 heteroatoms. The number of hydrogen-bond acceptors (Lipinski definition) is 7. The highest BCUT2D eigenvalue weighted by Gasteiger charge is 2.27. The molecule has 0 spiro atoms. The van der Waals surface area contributed by atoms with E-state index in [2.05, 4.69) is 62.5 Å². The number of allylic oxidation sites excluding steroid dienone is 7. The van der Waals surface area contributed by atoms with Crippen LogP contribution in [0.2, 0.25) is 0 Å². The Balaban J connectivity index is 5.37. The number of unbranched alkanes of at least 4 members (excludes halogenated alkanes) is 30. The molecule has 0 bridgehead atoms. The quantitative estimate of drug-likeness (QED) is 0.0212. The van der Waals surface area contributed by atoms with E-state index in [9.17, 15) is 19.0 Å². The molecule has 0 radical (unpaired) electrons. The molecular weight excluding hydrogens is 880 g/mol. The van der Waals surface area contributed by atoms with Crippen molar-refractivity contribution in [3.63, 3.8) is 0 Å². The molecule has 1 N–H and O–H groups in total. The molecule has 404 valence electrons. The summed E-state index contributed by atoms with van der Waals surface area (Å²) in [6, 6.07) is -0.897. The Morgan fingerprint density at radius 3 is 1.36 bits per heavy atom. The molecular formula is C59H111N2O7P. The zero-order valence-corrected chi connectivity index (χ0v) is 46.9. The highest BCUT2D eigenvalue weighted by Crippen LogP contribution is 2.38. The zero-order chi connectivity index (χ0) is 50.8. The molecule has 0 saturated heterocycles. The van der Waals surface area contributed by atoms with E-state index >= 15 is 0 Å². The van der Waals surface area contributed by atoms with Crippen molar-refractivity contribution in [2.75, 3.05) is 40.9 Å². The third-order valence-electron chi connectivity index (χ3n) is 12.7. The van der Waals surface area contributed by atoms with Crippen molar-refractivity contribution in [1.82, 2.24) is 5.32 Å². The lowest BCUT2D eigenvalue weighted by Crippen LogP contribution is -2.47. The first-order valence-electron chi connectivity index (χ1n) is 28.9. The largest absolute Gasteiger partial charge is 0.756 e. The number of phosphoric ester groups is 1. The van der Waals surface area contributed by atoms with Gasteiger partial charge >= 0.3 is 5.97 Å². The maximum atomic E-state index is 13.5. The van der Waals surface area contributed by atoms with Crippen molar-refractivity contribution in [2.24, 2.45) is 0 Å². The topological polar surface area (TPSA) is 114 Å². The number of likely N-dealkylation sites (N-methyl/N-ethyl adjacent to an activating group) is 1. The number of phosphoric acid groups is 1. The van der Waals surface area contributed by atoms with Gasteiger partial charge in [0.25, 0.3) is 7.82 Å². The second-order valence-corrected chi connectivity index (χ2v) is 22.2. The van der Waals surface area contributed by atoms with Crippen LogP contribution in [0.3, 0.4) is 0 Å². The lowest BCUT2D eigenvalue weighted by Gasteiger charge is -2.30. The van der Waals surface area contributed by atoms with Gasteiger partial charge in [0.15, 0.2) is 0 Å². The van der Waals surface area contributed by atoms with Crippen LogP contribution in [0.4, 0.5) is 0 Å². The zero-order valence-electron chi connectivity index (χ0n) is 46.0. The van der Waals surface area contributed by atoms with E-state index in [-0.39, 0.29) is 24.9 Å². The van der Waals surface area contributed by atoms with E-state index in [1.165, 1.54) is 141 Å². The van der Waals surface area contributed by atoms with Gasteiger partial charge in [-0.2, -0.15) is 0 Å². The molecule has 0 aromatic carbocycles. The van der Waals surface area contributed by atoms with E-state index in [0.717, 1.165) is 83.5 Å². The lowest BCUT2D eigenvalue weighted by molar-refractivity contribution is -0.870. The fourth-order valence-corrected chi connectivity index (χ4v) is 8.92. The number of carbonyl (C=O) groups is 2. The first kappa shape index (κ1) is 67.0. The van der Waals surface area contributed by atoms with E-state index in [0.29, 0.717) is 23.9 Å². The number of quaternary nitrogens is 1. The summed E-state index contributed by atoms with van der Waals surface area (Å²) in [6.07, 6.45) is 59.3. The van der Waals surface area contributed by atoms with Crippen molar-refractivity contribution in [3.8, 4) is 0 Å². The number of amides is 1. The van der Waals surface area contributed by atoms with E-state index in [4.69, 9.17) is 13.8 Å². The summed E-state index contributed by atoms with van der Waals surface area (Å²) in [7, 11) is 1.17. The van der Waals surface area contributed by atoms with Crippen molar-refractivity contribution < 1.29 is 37.3 Å². The molecule has 3 atom stereocenters. The van der Waals surface area contributed by atoms with Gasteiger partial charge in [0.05, 0.1) is 33.8 Å². The Labute approximate surface area is 427 Å². The van der Waals surface area contributed by atoms with Crippen LogP contribution in [0.25, 0.3) is 0 Å². The molecule has 9 nitrogen and oxygen atoms in total. The van der Waals surface area contributed by atoms with Gasteiger partial charge in [-0.25, -0.2) is 0 Å². The molecule has 0 aliphatic carbocycles. The molecule has 3 unspecified atom stereocenters. The van der Waals surface area contributed by atoms with Crippen LogP contribution in [0.15, 0.2) is 48.6 Å². The Kier molecular flexibility index (Phi) is 48.1. The number of nitrogens with one attached hydrogen (secondary N) is 1. The van der Waals surface area contributed by atoms with Crippen molar-refractivity contribution in [2.45, 2.75) is 277 Å². The Morgan fingerprint density at radius 1 is 0.507 bits per heavy atom. The molecule has 0 saturated carbocycles. The number of rotatable bonds is 52. The monoisotopic (exact) mass is 991 g/mol. The van der Waals surface area contributed by atoms with Gasteiger partial charge in [-0.05, 0) is 89.5 Å². The first-order valence-corrected chi connectivity index (χ1v) is 30.4. The van der Waals surface area contributed by atoms with Crippen molar-refractivity contribution >= 4 is 19.7 Å². The van der Waals surface area contributed by atoms with Crippen LogP contribution >= 0.6 is 7.82 Å². The number of hydrogen-bond donors (Lipinski definition) is 1. The van der Waals surface area contributed by atoms with Gasteiger partial charge in [-0.3, -0.25) is 14.2 Å². The molecule has 0 aromatic heterocycles. The molecule has 0 fully saturated rings. The molecule has 1 amide bonds. The predicted octanol–water partition coefficient (Wildman–Crippen LogP) is 16.7. The predicted molar refractivity (Wildman–Crippen MR) is 293 cm³/mol. The van der Waals surface area contributed by atoms with Crippen LogP contribution in [-0.2, 0) is 27.9 Å². The van der Waals surface area contributed by atoms with Gasteiger partial charge in [0, 0.05) is 12.8 Å². The van der Waals surface area contributed by atoms with Crippen LogP contribution in [0, 0.1) is 0 Å². The summed E-state index contributed by atoms with van der Waals surface area (Å²) in [5.41, 5.74) is 0. The highest BCUT2D eigenvalue weighted by molar-refractivity contribution is 7.45. The summed E-state index contributed by atoms with van der Waals surface area (Å²) in [5, 5.41) is 3.01. The van der Waals surface area contributed by atoms with Gasteiger partial charge in [0.2, 0.25) is 5.91 Å². The summed E-state index contributed by atoms with van der Waals surface area (Å²) in [4.78, 5) is 39.8. The molecule has 0 aliphatic heterocycles. The molecule has 0 aliphatic rings. The third-order valence-corrected chi connectivity index (χ3v) is 13.7. The summed E-state index contributed by atoms with van der Waals surface area (Å²) < 4.78 is 30.2. The smallest absolute Gasteiger partial charge is 0.306 e.